The van der Waals surface area contributed by atoms with E-state index in [-0.39, 0.29) is 24.3 Å². The van der Waals surface area contributed by atoms with Crippen molar-refractivity contribution in [3.63, 3.8) is 0 Å². The van der Waals surface area contributed by atoms with Crippen molar-refractivity contribution in [2.45, 2.75) is 31.6 Å². The molecule has 2 aliphatic rings. The Kier molecular flexibility index (Phi) is 5.89. The summed E-state index contributed by atoms with van der Waals surface area (Å²) < 4.78 is 10.6. The lowest BCUT2D eigenvalue weighted by atomic mass is 9.69. The van der Waals surface area contributed by atoms with E-state index in [1.165, 1.54) is 0 Å². The van der Waals surface area contributed by atoms with Crippen LogP contribution in [0.15, 0.2) is 72.3 Å². The van der Waals surface area contributed by atoms with Gasteiger partial charge in [0.25, 0.3) is 0 Å². The fourth-order valence-electron chi connectivity index (χ4n) is 4.64. The normalized spacial score (nSPS) is 23.1. The smallest absolute Gasteiger partial charge is 0.315 e. The Bertz CT molecular complexity index is 1030. The van der Waals surface area contributed by atoms with Crippen LogP contribution in [0.25, 0.3) is 0 Å². The molecule has 0 bridgehead atoms. The number of pyridine rings is 1. The summed E-state index contributed by atoms with van der Waals surface area (Å²) in [7, 11) is 1.63. The Morgan fingerprint density at radius 3 is 2.48 bits per heavy atom. The van der Waals surface area contributed by atoms with E-state index in [0.717, 1.165) is 22.6 Å². The highest BCUT2D eigenvalue weighted by molar-refractivity contribution is 6.01. The second kappa shape index (κ2) is 8.76. The third-order valence-corrected chi connectivity index (χ3v) is 6.07. The molecule has 1 aromatic heterocycles. The summed E-state index contributed by atoms with van der Waals surface area (Å²) in [6.45, 7) is 6.18. The molecule has 2 N–H and O–H groups in total. The Balaban J connectivity index is 1.74. The molecule has 160 valence electrons. The van der Waals surface area contributed by atoms with Gasteiger partial charge in [0.2, 0.25) is 0 Å². The number of ketones is 1. The zero-order valence-corrected chi connectivity index (χ0v) is 17.8. The van der Waals surface area contributed by atoms with E-state index in [0.29, 0.717) is 24.1 Å². The number of benzene rings is 1. The van der Waals surface area contributed by atoms with Crippen LogP contribution in [0.1, 0.15) is 42.7 Å². The number of hydrogen-bond acceptors (Lipinski definition) is 5. The van der Waals surface area contributed by atoms with E-state index in [1.807, 2.05) is 36.4 Å². The lowest BCUT2D eigenvalue weighted by molar-refractivity contribution is -0.378. The molecule has 6 heteroatoms. The van der Waals surface area contributed by atoms with E-state index in [9.17, 15) is 9.59 Å². The van der Waals surface area contributed by atoms with Crippen molar-refractivity contribution in [1.82, 2.24) is 5.32 Å². The van der Waals surface area contributed by atoms with Crippen LogP contribution in [0.4, 0.5) is 0 Å². The van der Waals surface area contributed by atoms with Gasteiger partial charge >= 0.3 is 5.97 Å². The van der Waals surface area contributed by atoms with Crippen LogP contribution < -0.4 is 15.0 Å². The molecule has 0 amide bonds. The fraction of sp³-hybridized carbons (Fsp3) is 0.320. The monoisotopic (exact) mass is 419 g/mol. The standard InChI is InChI=1S/C25H26N2O4/c1-4-31-25(29)22-15(2)27-20-13-18(16-5-7-19(30-3)8-6-16)14-21(28)24(20)23(22)17-9-11-26-12-10-17/h5-12,18,22-23,27H,2,4,13-14H2,1,3H3/p+1. The summed E-state index contributed by atoms with van der Waals surface area (Å²) in [6, 6.07) is 11.7. The van der Waals surface area contributed by atoms with Crippen LogP contribution >= 0.6 is 0 Å². The zero-order chi connectivity index (χ0) is 22.0. The van der Waals surface area contributed by atoms with Crippen LogP contribution in [0.5, 0.6) is 5.75 Å². The molecule has 6 nitrogen and oxygen atoms in total. The summed E-state index contributed by atoms with van der Waals surface area (Å²) in [5, 5.41) is 3.29. The van der Waals surface area contributed by atoms with Gasteiger partial charge in [0, 0.05) is 41.4 Å². The second-order valence-corrected chi connectivity index (χ2v) is 7.88. The molecule has 2 heterocycles. The van der Waals surface area contributed by atoms with Crippen molar-refractivity contribution in [2.75, 3.05) is 13.7 Å². The minimum Gasteiger partial charge on any atom is -0.497 e. The van der Waals surface area contributed by atoms with Crippen molar-refractivity contribution in [3.05, 3.63) is 83.5 Å². The number of allylic oxidation sites excluding steroid dienone is 2. The van der Waals surface area contributed by atoms with E-state index in [2.05, 4.69) is 16.9 Å². The van der Waals surface area contributed by atoms with Crippen LogP contribution in [-0.2, 0) is 14.3 Å². The van der Waals surface area contributed by atoms with E-state index in [1.54, 1.807) is 26.4 Å². The van der Waals surface area contributed by atoms with E-state index >= 15 is 0 Å². The number of Topliss-reactive ketones (excluding diaryl/α,β-unsaturated/α-hetero) is 1. The summed E-state index contributed by atoms with van der Waals surface area (Å²) >= 11 is 0. The predicted molar refractivity (Wildman–Crippen MR) is 115 cm³/mol. The molecule has 3 unspecified atom stereocenters. The Labute approximate surface area is 182 Å². The molecule has 1 aliphatic heterocycles. The molecule has 0 spiro atoms. The molecule has 0 saturated carbocycles. The summed E-state index contributed by atoms with van der Waals surface area (Å²) in [5.41, 5.74) is 4.06. The number of H-pyrrole nitrogens is 1. The predicted octanol–water partition coefficient (Wildman–Crippen LogP) is 3.29. The molecule has 0 radical (unpaired) electrons. The molecule has 1 aromatic carbocycles. The highest BCUT2D eigenvalue weighted by atomic mass is 16.5. The lowest BCUT2D eigenvalue weighted by Gasteiger charge is -2.39. The zero-order valence-electron chi connectivity index (χ0n) is 17.8. The van der Waals surface area contributed by atoms with Crippen molar-refractivity contribution in [1.29, 1.82) is 0 Å². The van der Waals surface area contributed by atoms with E-state index < -0.39 is 11.8 Å². The Morgan fingerprint density at radius 1 is 1.13 bits per heavy atom. The quantitative estimate of drug-likeness (QED) is 0.753. The second-order valence-electron chi connectivity index (χ2n) is 7.88. The third kappa shape index (κ3) is 3.98. The van der Waals surface area contributed by atoms with Gasteiger partial charge in [-0.15, -0.1) is 0 Å². The number of rotatable bonds is 5. The first kappa shape index (κ1) is 20.8. The van der Waals surface area contributed by atoms with Gasteiger partial charge in [0.1, 0.15) is 11.7 Å². The largest absolute Gasteiger partial charge is 0.497 e. The number of aromatic nitrogens is 1. The highest BCUT2D eigenvalue weighted by Crippen LogP contribution is 2.47. The maximum atomic E-state index is 13.4. The van der Waals surface area contributed by atoms with Crippen LogP contribution in [-0.4, -0.2) is 25.5 Å². The number of hydrogen-bond donors (Lipinski definition) is 1. The van der Waals surface area contributed by atoms with Gasteiger partial charge < -0.3 is 14.8 Å². The highest BCUT2D eigenvalue weighted by Gasteiger charge is 2.45. The molecule has 4 rings (SSSR count). The number of esters is 1. The number of methoxy groups -OCH3 is 1. The summed E-state index contributed by atoms with van der Waals surface area (Å²) in [6.07, 6.45) is 4.67. The van der Waals surface area contributed by atoms with Gasteiger partial charge in [-0.2, -0.15) is 0 Å². The SMILES string of the molecule is C=C1NC2=C(C(=O)CC(c3ccc(OC)cc3)C2)C(c2cc[nH+]cc2)C1C(=O)OCC. The average Bonchev–Trinajstić information content (AvgIpc) is 2.78. The van der Waals surface area contributed by atoms with Crippen molar-refractivity contribution in [3.8, 4) is 5.75 Å². The maximum Gasteiger partial charge on any atom is 0.315 e. The fourth-order valence-corrected chi connectivity index (χ4v) is 4.64. The van der Waals surface area contributed by atoms with Gasteiger partial charge in [0.05, 0.1) is 13.7 Å². The molecule has 31 heavy (non-hydrogen) atoms. The van der Waals surface area contributed by atoms with Crippen molar-refractivity contribution >= 4 is 11.8 Å². The van der Waals surface area contributed by atoms with Crippen LogP contribution in [0, 0.1) is 5.92 Å². The number of aromatic amines is 1. The number of ether oxygens (including phenoxy) is 2. The average molecular weight is 420 g/mol. The number of carbonyl (C=O) groups is 2. The van der Waals surface area contributed by atoms with E-state index in [4.69, 9.17) is 9.47 Å². The molecule has 1 aliphatic carbocycles. The topological polar surface area (TPSA) is 78.8 Å². The Hall–Kier alpha value is -3.41. The number of nitrogens with one attached hydrogen (secondary N) is 2. The summed E-state index contributed by atoms with van der Waals surface area (Å²) in [5.74, 6) is -0.539. The molecule has 0 fully saturated rings. The molecule has 0 saturated heterocycles. The lowest BCUT2D eigenvalue weighted by Crippen LogP contribution is -2.42. The van der Waals surface area contributed by atoms with Gasteiger partial charge in [-0.3, -0.25) is 9.59 Å². The minimum absolute atomic E-state index is 0.0502. The molecule has 3 atom stereocenters. The van der Waals surface area contributed by atoms with Gasteiger partial charge in [-0.05, 0) is 42.5 Å². The number of carbonyl (C=O) groups excluding carboxylic acids is 2. The molecule has 2 aromatic rings. The van der Waals surface area contributed by atoms with Gasteiger partial charge in [-0.25, -0.2) is 4.98 Å². The van der Waals surface area contributed by atoms with Gasteiger partial charge in [0.15, 0.2) is 18.2 Å². The first-order valence-corrected chi connectivity index (χ1v) is 10.5. The molecular formula is C25H27N2O4+. The third-order valence-electron chi connectivity index (χ3n) is 6.07. The maximum absolute atomic E-state index is 13.4. The minimum atomic E-state index is -0.650. The summed E-state index contributed by atoms with van der Waals surface area (Å²) in [4.78, 5) is 29.3. The first-order chi connectivity index (χ1) is 15.0. The first-order valence-electron chi connectivity index (χ1n) is 10.5. The van der Waals surface area contributed by atoms with Crippen molar-refractivity contribution < 1.29 is 24.0 Å². The van der Waals surface area contributed by atoms with Gasteiger partial charge in [-0.1, -0.05) is 18.7 Å². The Morgan fingerprint density at radius 2 is 1.84 bits per heavy atom. The van der Waals surface area contributed by atoms with Crippen LogP contribution in [0.3, 0.4) is 0 Å². The van der Waals surface area contributed by atoms with Crippen LogP contribution in [0.2, 0.25) is 0 Å². The molecular weight excluding hydrogens is 392 g/mol. The van der Waals surface area contributed by atoms with Crippen molar-refractivity contribution in [2.24, 2.45) is 5.92 Å².